The average Bonchev–Trinajstić information content (AvgIpc) is 2.44. The smallest absolute Gasteiger partial charge is 0.247 e. The highest BCUT2D eigenvalue weighted by Crippen LogP contribution is 2.24. The van der Waals surface area contributed by atoms with Crippen LogP contribution in [0.2, 0.25) is 0 Å². The van der Waals surface area contributed by atoms with Gasteiger partial charge < -0.3 is 15.0 Å². The lowest BCUT2D eigenvalue weighted by atomic mass is 10.0. The Balaban J connectivity index is 2.28. The maximum Gasteiger partial charge on any atom is 0.247 e. The van der Waals surface area contributed by atoms with Crippen LogP contribution in [0, 0.1) is 0 Å². The first-order valence-corrected chi connectivity index (χ1v) is 6.28. The Hall–Kier alpha value is -1.88. The minimum absolute atomic E-state index is 0.0542. The molecule has 5 nitrogen and oxygen atoms in total. The number of piperazine rings is 1. The number of carbonyl (C=O) groups excluding carboxylic acids is 2. The number of amides is 2. The number of methoxy groups -OCH3 is 1. The topological polar surface area (TPSA) is 58.6 Å². The zero-order valence-corrected chi connectivity index (χ0v) is 11.1. The van der Waals surface area contributed by atoms with Crippen molar-refractivity contribution in [3.63, 3.8) is 0 Å². The third-order valence-electron chi connectivity index (χ3n) is 3.27. The van der Waals surface area contributed by atoms with Gasteiger partial charge in [0.2, 0.25) is 11.8 Å². The predicted molar refractivity (Wildman–Crippen MR) is 70.4 cm³/mol. The molecule has 1 fully saturated rings. The normalized spacial score (nSPS) is 21.2. The van der Waals surface area contributed by atoms with E-state index in [0.29, 0.717) is 6.54 Å². The fourth-order valence-corrected chi connectivity index (χ4v) is 2.17. The van der Waals surface area contributed by atoms with E-state index >= 15 is 0 Å². The highest BCUT2D eigenvalue weighted by molar-refractivity contribution is 5.95. The first-order chi connectivity index (χ1) is 9.13. The van der Waals surface area contributed by atoms with Crippen molar-refractivity contribution in [3.05, 3.63) is 35.9 Å². The second-order valence-electron chi connectivity index (χ2n) is 4.62. The first-order valence-electron chi connectivity index (χ1n) is 6.28. The molecule has 1 aliphatic heterocycles. The summed E-state index contributed by atoms with van der Waals surface area (Å²) in [6.07, 6.45) is -0.110. The summed E-state index contributed by atoms with van der Waals surface area (Å²) < 4.78 is 5.20. The minimum Gasteiger partial charge on any atom is -0.380 e. The van der Waals surface area contributed by atoms with Crippen molar-refractivity contribution in [2.75, 3.05) is 20.2 Å². The molecule has 2 unspecified atom stereocenters. The maximum atomic E-state index is 12.1. The van der Waals surface area contributed by atoms with Crippen LogP contribution in [0.3, 0.4) is 0 Å². The number of hydrogen-bond donors (Lipinski definition) is 1. The number of benzene rings is 1. The van der Waals surface area contributed by atoms with Crippen LogP contribution in [0.15, 0.2) is 30.3 Å². The highest BCUT2D eigenvalue weighted by atomic mass is 16.5. The highest BCUT2D eigenvalue weighted by Gasteiger charge is 2.36. The van der Waals surface area contributed by atoms with Crippen molar-refractivity contribution in [2.45, 2.75) is 19.1 Å². The molecule has 1 N–H and O–H groups in total. The molecule has 2 rings (SSSR count). The summed E-state index contributed by atoms with van der Waals surface area (Å²) in [6, 6.07) is 8.74. The average molecular weight is 262 g/mol. The largest absolute Gasteiger partial charge is 0.380 e. The molecule has 0 spiro atoms. The third kappa shape index (κ3) is 2.93. The van der Waals surface area contributed by atoms with E-state index < -0.39 is 6.04 Å². The van der Waals surface area contributed by atoms with Gasteiger partial charge in [0, 0.05) is 13.7 Å². The summed E-state index contributed by atoms with van der Waals surface area (Å²) in [5.74, 6) is -0.230. The number of nitrogens with one attached hydrogen (secondary N) is 1. The standard InChI is InChI=1S/C14H18N2O3/c1-10(19-2)9-16-12(17)8-15-14(18)13(16)11-6-4-3-5-7-11/h3-7,10,13H,8-9H2,1-2H3,(H,15,18). The number of carbonyl (C=O) groups is 2. The summed E-state index contributed by atoms with van der Waals surface area (Å²) in [6.45, 7) is 2.34. The van der Waals surface area contributed by atoms with E-state index in [2.05, 4.69) is 5.32 Å². The van der Waals surface area contributed by atoms with Crippen LogP contribution in [0.5, 0.6) is 0 Å². The van der Waals surface area contributed by atoms with Crippen LogP contribution >= 0.6 is 0 Å². The number of rotatable bonds is 4. The van der Waals surface area contributed by atoms with Gasteiger partial charge in [0.1, 0.15) is 6.04 Å². The molecule has 2 atom stereocenters. The van der Waals surface area contributed by atoms with E-state index in [1.807, 2.05) is 37.3 Å². The zero-order chi connectivity index (χ0) is 13.8. The lowest BCUT2D eigenvalue weighted by Gasteiger charge is -2.36. The van der Waals surface area contributed by atoms with Crippen molar-refractivity contribution in [2.24, 2.45) is 0 Å². The number of hydrogen-bond acceptors (Lipinski definition) is 3. The third-order valence-corrected chi connectivity index (χ3v) is 3.27. The van der Waals surface area contributed by atoms with E-state index in [1.165, 1.54) is 0 Å². The van der Waals surface area contributed by atoms with E-state index in [0.717, 1.165) is 5.56 Å². The van der Waals surface area contributed by atoms with E-state index in [-0.39, 0.29) is 24.5 Å². The molecule has 0 saturated carbocycles. The van der Waals surface area contributed by atoms with Crippen LogP contribution in [0.4, 0.5) is 0 Å². The Morgan fingerprint density at radius 3 is 2.68 bits per heavy atom. The molecule has 0 bridgehead atoms. The van der Waals surface area contributed by atoms with E-state index in [9.17, 15) is 9.59 Å². The van der Waals surface area contributed by atoms with Gasteiger partial charge in [-0.2, -0.15) is 0 Å². The predicted octanol–water partition coefficient (Wildman–Crippen LogP) is 0.721. The van der Waals surface area contributed by atoms with Crippen LogP contribution < -0.4 is 5.32 Å². The van der Waals surface area contributed by atoms with Gasteiger partial charge in [-0.05, 0) is 12.5 Å². The van der Waals surface area contributed by atoms with Crippen molar-refractivity contribution in [1.82, 2.24) is 10.2 Å². The molecule has 0 aliphatic carbocycles. The minimum atomic E-state index is -0.569. The van der Waals surface area contributed by atoms with Gasteiger partial charge >= 0.3 is 0 Å². The Kier molecular flexibility index (Phi) is 4.16. The molecule has 1 heterocycles. The fraction of sp³-hybridized carbons (Fsp3) is 0.429. The second-order valence-corrected chi connectivity index (χ2v) is 4.62. The Morgan fingerprint density at radius 1 is 1.37 bits per heavy atom. The Labute approximate surface area is 112 Å². The monoisotopic (exact) mass is 262 g/mol. The van der Waals surface area contributed by atoms with Gasteiger partial charge in [0.15, 0.2) is 0 Å². The van der Waals surface area contributed by atoms with Crippen molar-refractivity contribution >= 4 is 11.8 Å². The SMILES string of the molecule is COC(C)CN1C(=O)CNC(=O)C1c1ccccc1. The van der Waals surface area contributed by atoms with E-state index in [4.69, 9.17) is 4.74 Å². The van der Waals surface area contributed by atoms with Crippen molar-refractivity contribution in [3.8, 4) is 0 Å². The van der Waals surface area contributed by atoms with Gasteiger partial charge in [0.25, 0.3) is 0 Å². The molecule has 1 saturated heterocycles. The van der Waals surface area contributed by atoms with Gasteiger partial charge in [-0.15, -0.1) is 0 Å². The lowest BCUT2D eigenvalue weighted by molar-refractivity contribution is -0.147. The molecule has 5 heteroatoms. The molecule has 1 aromatic carbocycles. The summed E-state index contributed by atoms with van der Waals surface area (Å²) in [4.78, 5) is 25.7. The van der Waals surface area contributed by atoms with E-state index in [1.54, 1.807) is 12.0 Å². The molecule has 102 valence electrons. The molecular formula is C14H18N2O3. The summed E-state index contributed by atoms with van der Waals surface area (Å²) in [7, 11) is 1.59. The van der Waals surface area contributed by atoms with Crippen LogP contribution in [-0.2, 0) is 14.3 Å². The zero-order valence-electron chi connectivity index (χ0n) is 11.1. The summed E-state index contributed by atoms with van der Waals surface area (Å²) in [5, 5.41) is 2.63. The summed E-state index contributed by atoms with van der Waals surface area (Å²) >= 11 is 0. The quantitative estimate of drug-likeness (QED) is 0.870. The lowest BCUT2D eigenvalue weighted by Crippen LogP contribution is -2.55. The second kappa shape index (κ2) is 5.84. The van der Waals surface area contributed by atoms with Gasteiger partial charge in [0.05, 0.1) is 12.6 Å². The van der Waals surface area contributed by atoms with Gasteiger partial charge in [-0.3, -0.25) is 9.59 Å². The van der Waals surface area contributed by atoms with Crippen molar-refractivity contribution < 1.29 is 14.3 Å². The molecule has 2 amide bonds. The maximum absolute atomic E-state index is 12.1. The Bertz CT molecular complexity index is 461. The summed E-state index contributed by atoms with van der Waals surface area (Å²) in [5.41, 5.74) is 0.816. The molecule has 19 heavy (non-hydrogen) atoms. The molecule has 1 aromatic rings. The fourth-order valence-electron chi connectivity index (χ4n) is 2.17. The molecule has 0 radical (unpaired) electrons. The van der Waals surface area contributed by atoms with Crippen LogP contribution in [0.1, 0.15) is 18.5 Å². The number of ether oxygens (including phenoxy) is 1. The number of nitrogens with zero attached hydrogens (tertiary/aromatic N) is 1. The molecule has 1 aliphatic rings. The van der Waals surface area contributed by atoms with Crippen LogP contribution in [0.25, 0.3) is 0 Å². The van der Waals surface area contributed by atoms with Crippen molar-refractivity contribution in [1.29, 1.82) is 0 Å². The van der Waals surface area contributed by atoms with Crippen LogP contribution in [-0.4, -0.2) is 43.0 Å². The molecule has 0 aromatic heterocycles. The first kappa shape index (κ1) is 13.5. The molecular weight excluding hydrogens is 244 g/mol. The van der Waals surface area contributed by atoms with Gasteiger partial charge in [-0.25, -0.2) is 0 Å². The Morgan fingerprint density at radius 2 is 2.05 bits per heavy atom. The van der Waals surface area contributed by atoms with Gasteiger partial charge in [-0.1, -0.05) is 30.3 Å².